The zero-order valence-corrected chi connectivity index (χ0v) is 13.0. The summed E-state index contributed by atoms with van der Waals surface area (Å²) in [7, 11) is 0. The molecule has 1 atom stereocenters. The summed E-state index contributed by atoms with van der Waals surface area (Å²) in [5.74, 6) is 0. The third kappa shape index (κ3) is 3.73. The standard InChI is InChI=1S/C19H24N2O/c22-16-19(12-17-6-2-1-3-7-17)9-5-11-21(15-19)14-18-8-4-10-20-13-18/h1-4,6-8,10,13,22H,5,9,11-12,14-16H2. The number of hydrogen-bond donors (Lipinski definition) is 1. The van der Waals surface area contributed by atoms with Gasteiger partial charge < -0.3 is 5.11 Å². The van der Waals surface area contributed by atoms with Gasteiger partial charge in [0.2, 0.25) is 0 Å². The molecule has 2 aromatic rings. The third-order valence-electron chi connectivity index (χ3n) is 4.63. The summed E-state index contributed by atoms with van der Waals surface area (Å²) in [4.78, 5) is 6.66. The first-order valence-corrected chi connectivity index (χ1v) is 8.06. The molecule has 1 aromatic heterocycles. The normalized spacial score (nSPS) is 22.6. The molecular weight excluding hydrogens is 272 g/mol. The van der Waals surface area contributed by atoms with Gasteiger partial charge in [-0.2, -0.15) is 0 Å². The maximum atomic E-state index is 10.0. The van der Waals surface area contributed by atoms with E-state index in [1.807, 2.05) is 24.5 Å². The minimum Gasteiger partial charge on any atom is -0.396 e. The highest BCUT2D eigenvalue weighted by Crippen LogP contribution is 2.33. The Kier molecular flexibility index (Phi) is 4.86. The Morgan fingerprint density at radius 2 is 1.91 bits per heavy atom. The van der Waals surface area contributed by atoms with Crippen molar-refractivity contribution in [2.45, 2.75) is 25.8 Å². The van der Waals surface area contributed by atoms with E-state index in [2.05, 4.69) is 40.2 Å². The molecule has 1 saturated heterocycles. The van der Waals surface area contributed by atoms with Crippen LogP contribution in [0, 0.1) is 5.41 Å². The molecule has 3 nitrogen and oxygen atoms in total. The first-order valence-electron chi connectivity index (χ1n) is 8.06. The highest BCUT2D eigenvalue weighted by molar-refractivity contribution is 5.17. The minimum absolute atomic E-state index is 0.0121. The molecular formula is C19H24N2O. The van der Waals surface area contributed by atoms with Crippen LogP contribution in [0.3, 0.4) is 0 Å². The summed E-state index contributed by atoms with van der Waals surface area (Å²) in [6.45, 7) is 3.23. The molecule has 1 unspecified atom stereocenters. The van der Waals surface area contributed by atoms with Gasteiger partial charge >= 0.3 is 0 Å². The fourth-order valence-corrected chi connectivity index (χ4v) is 3.55. The summed E-state index contributed by atoms with van der Waals surface area (Å²) >= 11 is 0. The fourth-order valence-electron chi connectivity index (χ4n) is 3.55. The van der Waals surface area contributed by atoms with Crippen molar-refractivity contribution in [3.05, 3.63) is 66.0 Å². The van der Waals surface area contributed by atoms with E-state index in [-0.39, 0.29) is 12.0 Å². The first-order chi connectivity index (χ1) is 10.8. The van der Waals surface area contributed by atoms with Crippen LogP contribution in [-0.4, -0.2) is 34.7 Å². The number of hydrogen-bond acceptors (Lipinski definition) is 3. The third-order valence-corrected chi connectivity index (χ3v) is 4.63. The van der Waals surface area contributed by atoms with Gasteiger partial charge in [-0.25, -0.2) is 0 Å². The lowest BCUT2D eigenvalue weighted by molar-refractivity contribution is 0.0288. The summed E-state index contributed by atoms with van der Waals surface area (Å²) in [5.41, 5.74) is 2.55. The molecule has 0 saturated carbocycles. The Hall–Kier alpha value is -1.71. The molecule has 0 bridgehead atoms. The SMILES string of the molecule is OCC1(Cc2ccccc2)CCCN(Cc2cccnc2)C1. The summed E-state index contributed by atoms with van der Waals surface area (Å²) < 4.78 is 0. The molecule has 0 amide bonds. The van der Waals surface area contributed by atoms with Gasteiger partial charge in [0.25, 0.3) is 0 Å². The Morgan fingerprint density at radius 1 is 1.09 bits per heavy atom. The molecule has 0 spiro atoms. The minimum atomic E-state index is -0.0121. The fraction of sp³-hybridized carbons (Fsp3) is 0.421. The van der Waals surface area contributed by atoms with Gasteiger partial charge in [0.1, 0.15) is 0 Å². The van der Waals surface area contributed by atoms with Gasteiger partial charge in [0, 0.05) is 30.9 Å². The van der Waals surface area contributed by atoms with E-state index < -0.39 is 0 Å². The number of rotatable bonds is 5. The summed E-state index contributed by atoms with van der Waals surface area (Å²) in [6, 6.07) is 14.6. The van der Waals surface area contributed by atoms with Crippen molar-refractivity contribution in [2.24, 2.45) is 5.41 Å². The molecule has 0 radical (unpaired) electrons. The molecule has 1 N–H and O–H groups in total. The highest BCUT2D eigenvalue weighted by atomic mass is 16.3. The van der Waals surface area contributed by atoms with E-state index in [1.165, 1.54) is 11.1 Å². The van der Waals surface area contributed by atoms with Crippen molar-refractivity contribution in [3.8, 4) is 0 Å². The molecule has 2 heterocycles. The van der Waals surface area contributed by atoms with E-state index >= 15 is 0 Å². The summed E-state index contributed by atoms with van der Waals surface area (Å²) in [5, 5.41) is 10.0. The Morgan fingerprint density at radius 3 is 2.64 bits per heavy atom. The van der Waals surface area contributed by atoms with E-state index in [0.29, 0.717) is 0 Å². The smallest absolute Gasteiger partial charge is 0.0502 e. The van der Waals surface area contributed by atoms with Crippen LogP contribution < -0.4 is 0 Å². The molecule has 1 aliphatic heterocycles. The predicted octanol–water partition coefficient (Wildman–Crippen LogP) is 2.90. The zero-order valence-electron chi connectivity index (χ0n) is 13.0. The lowest BCUT2D eigenvalue weighted by Crippen LogP contribution is -2.46. The average Bonchev–Trinajstić information content (AvgIpc) is 2.57. The van der Waals surface area contributed by atoms with Crippen molar-refractivity contribution in [2.75, 3.05) is 19.7 Å². The van der Waals surface area contributed by atoms with Crippen LogP contribution in [-0.2, 0) is 13.0 Å². The van der Waals surface area contributed by atoms with E-state index in [9.17, 15) is 5.11 Å². The lowest BCUT2D eigenvalue weighted by atomic mass is 9.75. The van der Waals surface area contributed by atoms with Crippen molar-refractivity contribution in [3.63, 3.8) is 0 Å². The van der Waals surface area contributed by atoms with Gasteiger partial charge in [-0.1, -0.05) is 36.4 Å². The molecule has 22 heavy (non-hydrogen) atoms. The Labute approximate surface area is 132 Å². The number of aliphatic hydroxyl groups is 1. The van der Waals surface area contributed by atoms with Crippen LogP contribution >= 0.6 is 0 Å². The van der Waals surface area contributed by atoms with Gasteiger partial charge in [0.05, 0.1) is 6.61 Å². The molecule has 1 aliphatic rings. The number of nitrogens with zero attached hydrogens (tertiary/aromatic N) is 2. The van der Waals surface area contributed by atoms with Crippen LogP contribution in [0.2, 0.25) is 0 Å². The van der Waals surface area contributed by atoms with E-state index in [4.69, 9.17) is 0 Å². The van der Waals surface area contributed by atoms with Crippen LogP contribution in [0.1, 0.15) is 24.0 Å². The van der Waals surface area contributed by atoms with Crippen molar-refractivity contribution < 1.29 is 5.11 Å². The van der Waals surface area contributed by atoms with Crippen molar-refractivity contribution >= 4 is 0 Å². The number of likely N-dealkylation sites (tertiary alicyclic amines) is 1. The monoisotopic (exact) mass is 296 g/mol. The number of benzene rings is 1. The van der Waals surface area contributed by atoms with E-state index in [1.54, 1.807) is 0 Å². The molecule has 1 fully saturated rings. The second-order valence-corrected chi connectivity index (χ2v) is 6.50. The first kappa shape index (κ1) is 15.2. The summed E-state index contributed by atoms with van der Waals surface area (Å²) in [6.07, 6.45) is 6.95. The molecule has 0 aliphatic carbocycles. The molecule has 1 aromatic carbocycles. The van der Waals surface area contributed by atoms with Gasteiger partial charge in [-0.05, 0) is 43.0 Å². The number of pyridine rings is 1. The van der Waals surface area contributed by atoms with Gasteiger partial charge in [0.15, 0.2) is 0 Å². The average molecular weight is 296 g/mol. The van der Waals surface area contributed by atoms with Crippen LogP contribution in [0.4, 0.5) is 0 Å². The molecule has 3 rings (SSSR count). The number of aromatic nitrogens is 1. The van der Waals surface area contributed by atoms with Gasteiger partial charge in [-0.3, -0.25) is 9.88 Å². The van der Waals surface area contributed by atoms with Crippen molar-refractivity contribution in [1.29, 1.82) is 0 Å². The predicted molar refractivity (Wildman–Crippen MR) is 88.4 cm³/mol. The Bertz CT molecular complexity index is 573. The largest absolute Gasteiger partial charge is 0.396 e. The maximum Gasteiger partial charge on any atom is 0.0502 e. The topological polar surface area (TPSA) is 36.4 Å². The van der Waals surface area contributed by atoms with Crippen LogP contribution in [0.25, 0.3) is 0 Å². The zero-order chi connectivity index (χ0) is 15.3. The maximum absolute atomic E-state index is 10.0. The highest BCUT2D eigenvalue weighted by Gasteiger charge is 2.35. The van der Waals surface area contributed by atoms with Crippen LogP contribution in [0.15, 0.2) is 54.9 Å². The second kappa shape index (κ2) is 7.03. The second-order valence-electron chi connectivity index (χ2n) is 6.50. The van der Waals surface area contributed by atoms with Gasteiger partial charge in [-0.15, -0.1) is 0 Å². The van der Waals surface area contributed by atoms with E-state index in [0.717, 1.165) is 38.9 Å². The van der Waals surface area contributed by atoms with Crippen LogP contribution in [0.5, 0.6) is 0 Å². The lowest BCUT2D eigenvalue weighted by Gasteiger charge is -2.42. The quantitative estimate of drug-likeness (QED) is 0.921. The molecule has 116 valence electrons. The van der Waals surface area contributed by atoms with Crippen molar-refractivity contribution in [1.82, 2.24) is 9.88 Å². The Balaban J connectivity index is 1.69. The molecule has 3 heteroatoms. The number of aliphatic hydroxyl groups excluding tert-OH is 1. The number of piperidine rings is 1.